The number of nitrogens with two attached hydrogens (primary N) is 1. The minimum atomic E-state index is -0.204. The smallest absolute Gasteiger partial charge is 0.222 e. The van der Waals surface area contributed by atoms with Gasteiger partial charge in [0.25, 0.3) is 0 Å². The van der Waals surface area contributed by atoms with Crippen molar-refractivity contribution >= 4 is 5.91 Å². The number of carbonyl (C=O) groups excluding carboxylic acids is 1. The van der Waals surface area contributed by atoms with Crippen molar-refractivity contribution in [2.24, 2.45) is 5.73 Å². The Morgan fingerprint density at radius 2 is 2.53 bits per heavy atom. The number of H-pyrrole nitrogens is 1. The standard InChI is InChI=1S/C10H19N5O2/c1-17-8(6-11)5-10(16)12-4-2-3-9-13-7-14-15-9/h7-8H,2-6,11H2,1H3,(H,12,16)(H,13,14,15). The van der Waals surface area contributed by atoms with Crippen molar-refractivity contribution in [1.29, 1.82) is 0 Å². The Morgan fingerprint density at radius 1 is 1.71 bits per heavy atom. The molecular weight excluding hydrogens is 222 g/mol. The number of amides is 1. The average molecular weight is 241 g/mol. The van der Waals surface area contributed by atoms with E-state index in [1.54, 1.807) is 7.11 Å². The Morgan fingerprint density at radius 3 is 3.12 bits per heavy atom. The highest BCUT2D eigenvalue weighted by atomic mass is 16.5. The average Bonchev–Trinajstić information content (AvgIpc) is 2.84. The number of nitrogens with one attached hydrogen (secondary N) is 2. The summed E-state index contributed by atoms with van der Waals surface area (Å²) in [6.07, 6.45) is 3.16. The number of rotatable bonds is 8. The number of aryl methyl sites for hydroxylation is 1. The van der Waals surface area contributed by atoms with Gasteiger partial charge in [0.2, 0.25) is 5.91 Å². The summed E-state index contributed by atoms with van der Waals surface area (Å²) in [5.41, 5.74) is 5.43. The molecule has 1 aromatic rings. The lowest BCUT2D eigenvalue weighted by Crippen LogP contribution is -2.32. The van der Waals surface area contributed by atoms with Crippen molar-refractivity contribution in [2.45, 2.75) is 25.4 Å². The maximum Gasteiger partial charge on any atom is 0.222 e. The minimum absolute atomic E-state index is 0.0418. The van der Waals surface area contributed by atoms with Gasteiger partial charge in [-0.1, -0.05) is 0 Å². The molecule has 7 heteroatoms. The predicted molar refractivity (Wildman–Crippen MR) is 62.2 cm³/mol. The van der Waals surface area contributed by atoms with Crippen LogP contribution >= 0.6 is 0 Å². The second-order valence-electron chi connectivity index (χ2n) is 3.68. The molecule has 96 valence electrons. The molecule has 0 spiro atoms. The molecule has 0 radical (unpaired) electrons. The van der Waals surface area contributed by atoms with Gasteiger partial charge in [-0.25, -0.2) is 4.98 Å². The molecule has 0 bridgehead atoms. The van der Waals surface area contributed by atoms with Crippen LogP contribution in [0.4, 0.5) is 0 Å². The molecule has 1 unspecified atom stereocenters. The zero-order valence-corrected chi connectivity index (χ0v) is 9.98. The molecule has 0 aromatic carbocycles. The van der Waals surface area contributed by atoms with Crippen LogP contribution in [0.25, 0.3) is 0 Å². The van der Waals surface area contributed by atoms with Gasteiger partial charge < -0.3 is 15.8 Å². The van der Waals surface area contributed by atoms with E-state index < -0.39 is 0 Å². The summed E-state index contributed by atoms with van der Waals surface area (Å²) in [7, 11) is 1.55. The zero-order chi connectivity index (χ0) is 12.5. The molecule has 1 aromatic heterocycles. The largest absolute Gasteiger partial charge is 0.380 e. The number of ether oxygens (including phenoxy) is 1. The van der Waals surface area contributed by atoms with Crippen LogP contribution in [0.5, 0.6) is 0 Å². The highest BCUT2D eigenvalue weighted by Gasteiger charge is 2.10. The summed E-state index contributed by atoms with van der Waals surface area (Å²) in [4.78, 5) is 15.4. The zero-order valence-electron chi connectivity index (χ0n) is 9.98. The molecule has 4 N–H and O–H groups in total. The van der Waals surface area contributed by atoms with Gasteiger partial charge in [0, 0.05) is 26.6 Å². The van der Waals surface area contributed by atoms with Gasteiger partial charge in [-0.05, 0) is 6.42 Å². The van der Waals surface area contributed by atoms with Gasteiger partial charge in [0.15, 0.2) is 0 Å². The third kappa shape index (κ3) is 5.41. The van der Waals surface area contributed by atoms with E-state index in [1.807, 2.05) is 0 Å². The van der Waals surface area contributed by atoms with Crippen LogP contribution in [0.2, 0.25) is 0 Å². The Labute approximate surface area is 100 Å². The molecule has 1 atom stereocenters. The second-order valence-corrected chi connectivity index (χ2v) is 3.68. The molecular formula is C10H19N5O2. The molecule has 7 nitrogen and oxygen atoms in total. The van der Waals surface area contributed by atoms with Crippen molar-refractivity contribution in [2.75, 3.05) is 20.2 Å². The van der Waals surface area contributed by atoms with E-state index in [2.05, 4.69) is 20.5 Å². The first-order valence-electron chi connectivity index (χ1n) is 5.60. The van der Waals surface area contributed by atoms with Crippen molar-refractivity contribution < 1.29 is 9.53 Å². The van der Waals surface area contributed by atoms with E-state index in [0.29, 0.717) is 19.5 Å². The third-order valence-corrected chi connectivity index (χ3v) is 2.39. The van der Waals surface area contributed by atoms with Gasteiger partial charge in [0.05, 0.1) is 12.5 Å². The molecule has 1 rings (SSSR count). The monoisotopic (exact) mass is 241 g/mol. The maximum absolute atomic E-state index is 11.5. The lowest BCUT2D eigenvalue weighted by Gasteiger charge is -2.12. The van der Waals surface area contributed by atoms with E-state index in [9.17, 15) is 4.79 Å². The maximum atomic E-state index is 11.5. The first kappa shape index (κ1) is 13.6. The molecule has 0 saturated carbocycles. The quantitative estimate of drug-likeness (QED) is 0.517. The van der Waals surface area contributed by atoms with Crippen LogP contribution in [-0.2, 0) is 16.0 Å². The van der Waals surface area contributed by atoms with Gasteiger partial charge in [-0.15, -0.1) is 0 Å². The first-order valence-corrected chi connectivity index (χ1v) is 5.60. The van der Waals surface area contributed by atoms with Crippen molar-refractivity contribution in [3.05, 3.63) is 12.2 Å². The Kier molecular flexibility index (Phi) is 6.19. The molecule has 1 heterocycles. The van der Waals surface area contributed by atoms with Crippen LogP contribution in [-0.4, -0.2) is 47.4 Å². The summed E-state index contributed by atoms with van der Waals surface area (Å²) in [6.45, 7) is 0.961. The van der Waals surface area contributed by atoms with E-state index in [0.717, 1.165) is 18.7 Å². The van der Waals surface area contributed by atoms with Gasteiger partial charge in [-0.2, -0.15) is 5.10 Å². The van der Waals surface area contributed by atoms with E-state index in [-0.39, 0.29) is 12.0 Å². The molecule has 0 aliphatic rings. The Hall–Kier alpha value is -1.47. The summed E-state index contributed by atoms with van der Waals surface area (Å²) in [6, 6.07) is 0. The van der Waals surface area contributed by atoms with E-state index >= 15 is 0 Å². The molecule has 0 fully saturated rings. The van der Waals surface area contributed by atoms with Gasteiger partial charge in [0.1, 0.15) is 12.2 Å². The predicted octanol–water partition coefficient (Wildman–Crippen LogP) is -0.783. The summed E-state index contributed by atoms with van der Waals surface area (Å²) in [5, 5.41) is 9.32. The number of hydrogen-bond donors (Lipinski definition) is 3. The van der Waals surface area contributed by atoms with E-state index in [4.69, 9.17) is 10.5 Å². The normalized spacial score (nSPS) is 12.4. The van der Waals surface area contributed by atoms with Crippen molar-refractivity contribution in [3.8, 4) is 0 Å². The van der Waals surface area contributed by atoms with Crippen LogP contribution < -0.4 is 11.1 Å². The molecule has 1 amide bonds. The lowest BCUT2D eigenvalue weighted by molar-refractivity contribution is -0.123. The van der Waals surface area contributed by atoms with Crippen LogP contribution in [0.3, 0.4) is 0 Å². The summed E-state index contributed by atoms with van der Waals surface area (Å²) < 4.78 is 5.03. The van der Waals surface area contributed by atoms with Gasteiger partial charge in [-0.3, -0.25) is 9.89 Å². The SMILES string of the molecule is COC(CN)CC(=O)NCCCc1ncn[nH]1. The highest BCUT2D eigenvalue weighted by Crippen LogP contribution is 1.95. The van der Waals surface area contributed by atoms with E-state index in [1.165, 1.54) is 6.33 Å². The number of nitrogens with zero attached hydrogens (tertiary/aromatic N) is 2. The molecule has 17 heavy (non-hydrogen) atoms. The summed E-state index contributed by atoms with van der Waals surface area (Å²) >= 11 is 0. The fraction of sp³-hybridized carbons (Fsp3) is 0.700. The Bertz CT molecular complexity index is 311. The lowest BCUT2D eigenvalue weighted by atomic mass is 10.2. The number of hydrogen-bond acceptors (Lipinski definition) is 5. The topological polar surface area (TPSA) is 106 Å². The first-order chi connectivity index (χ1) is 8.26. The number of aromatic nitrogens is 3. The fourth-order valence-electron chi connectivity index (χ4n) is 1.38. The van der Waals surface area contributed by atoms with Crippen LogP contribution in [0, 0.1) is 0 Å². The number of carbonyl (C=O) groups is 1. The third-order valence-electron chi connectivity index (χ3n) is 2.39. The number of methoxy groups -OCH3 is 1. The molecule has 0 aliphatic carbocycles. The molecule has 0 aliphatic heterocycles. The Balaban J connectivity index is 2.07. The second kappa shape index (κ2) is 7.75. The van der Waals surface area contributed by atoms with Crippen LogP contribution in [0.1, 0.15) is 18.7 Å². The molecule has 0 saturated heterocycles. The number of aromatic amines is 1. The fourth-order valence-corrected chi connectivity index (χ4v) is 1.38. The highest BCUT2D eigenvalue weighted by molar-refractivity contribution is 5.76. The minimum Gasteiger partial charge on any atom is -0.380 e. The van der Waals surface area contributed by atoms with Crippen LogP contribution in [0.15, 0.2) is 6.33 Å². The van der Waals surface area contributed by atoms with Crippen molar-refractivity contribution in [3.63, 3.8) is 0 Å². The summed E-state index contributed by atoms with van der Waals surface area (Å²) in [5.74, 6) is 0.788. The van der Waals surface area contributed by atoms with Crippen molar-refractivity contribution in [1.82, 2.24) is 20.5 Å². The van der Waals surface area contributed by atoms with Gasteiger partial charge >= 0.3 is 0 Å².